The Balaban J connectivity index is 3.25. The van der Waals surface area contributed by atoms with E-state index in [0.29, 0.717) is 0 Å². The smallest absolute Gasteiger partial charge is 0.398 e. The highest BCUT2D eigenvalue weighted by atomic mass is 32.2. The van der Waals surface area contributed by atoms with Crippen molar-refractivity contribution in [2.24, 2.45) is 10.3 Å². The number of benzene rings is 1. The number of nitrogens with zero attached hydrogens (tertiary/aromatic N) is 4. The summed E-state index contributed by atoms with van der Waals surface area (Å²) in [5, 5.41) is 24.0. The summed E-state index contributed by atoms with van der Waals surface area (Å²) in [6, 6.07) is 8.28. The van der Waals surface area contributed by atoms with Gasteiger partial charge in [-0.1, -0.05) is 28.5 Å². The van der Waals surface area contributed by atoms with Crippen LogP contribution in [0.3, 0.4) is 0 Å². The van der Waals surface area contributed by atoms with Gasteiger partial charge >= 0.3 is 15.6 Å². The molecule has 0 aliphatic rings. The fraction of sp³-hybridized carbons (Fsp3) is 0.167. The zero-order valence-corrected chi connectivity index (χ0v) is 12.6. The van der Waals surface area contributed by atoms with Crippen LogP contribution in [0, 0.1) is 22.7 Å². The molecular formula is C12H7F3N4O4S. The Kier molecular flexibility index (Phi) is 5.86. The molecule has 0 bridgehead atoms. The maximum absolute atomic E-state index is 12.2. The second-order valence-electron chi connectivity index (χ2n) is 3.84. The van der Waals surface area contributed by atoms with Crippen molar-refractivity contribution in [3.8, 4) is 12.1 Å². The topological polar surface area (TPSA) is 125 Å². The van der Waals surface area contributed by atoms with Gasteiger partial charge in [-0.25, -0.2) is 0 Å². The van der Waals surface area contributed by atoms with E-state index in [1.54, 1.807) is 6.07 Å². The lowest BCUT2D eigenvalue weighted by Gasteiger charge is -2.05. The van der Waals surface area contributed by atoms with Gasteiger partial charge in [0.2, 0.25) is 0 Å². The molecule has 0 spiro atoms. The summed E-state index contributed by atoms with van der Waals surface area (Å²) in [4.78, 5) is 4.45. The minimum atomic E-state index is -5.99. The fourth-order valence-electron chi connectivity index (χ4n) is 1.31. The molecule has 1 aromatic rings. The maximum Gasteiger partial charge on any atom is 0.536 e. The van der Waals surface area contributed by atoms with Crippen LogP contribution in [0.25, 0.3) is 0 Å². The van der Waals surface area contributed by atoms with Gasteiger partial charge in [0, 0.05) is 11.1 Å². The van der Waals surface area contributed by atoms with E-state index in [-0.39, 0.29) is 16.8 Å². The van der Waals surface area contributed by atoms with Crippen LogP contribution in [0.5, 0.6) is 0 Å². The Bertz CT molecular complexity index is 864. The number of alkyl halides is 3. The summed E-state index contributed by atoms with van der Waals surface area (Å²) in [5.74, 6) is 0. The first kappa shape index (κ1) is 18.9. The van der Waals surface area contributed by atoms with E-state index in [1.165, 1.54) is 37.4 Å². The molecule has 0 saturated carbocycles. The number of oxime groups is 2. The van der Waals surface area contributed by atoms with Crippen molar-refractivity contribution < 1.29 is 30.7 Å². The first-order valence-corrected chi connectivity index (χ1v) is 7.17. The van der Waals surface area contributed by atoms with Gasteiger partial charge in [-0.3, -0.25) is 4.28 Å². The average Bonchev–Trinajstić information content (AvgIpc) is 2.52. The molecule has 0 aliphatic carbocycles. The third-order valence-corrected chi connectivity index (χ3v) is 3.15. The third kappa shape index (κ3) is 4.44. The summed E-state index contributed by atoms with van der Waals surface area (Å²) in [6.45, 7) is 0. The molecule has 0 unspecified atom stereocenters. The van der Waals surface area contributed by atoms with Crippen LogP contribution in [-0.2, 0) is 19.2 Å². The van der Waals surface area contributed by atoms with Crippen molar-refractivity contribution in [1.29, 1.82) is 10.5 Å². The molecule has 0 fully saturated rings. The predicted octanol–water partition coefficient (Wildman–Crippen LogP) is 1.65. The van der Waals surface area contributed by atoms with Gasteiger partial charge < -0.3 is 4.84 Å². The van der Waals surface area contributed by atoms with Gasteiger partial charge in [0.25, 0.3) is 0 Å². The van der Waals surface area contributed by atoms with Gasteiger partial charge in [0.15, 0.2) is 11.4 Å². The first-order chi connectivity index (χ1) is 11.2. The lowest BCUT2D eigenvalue weighted by Crippen LogP contribution is -2.24. The molecule has 0 aliphatic heterocycles. The van der Waals surface area contributed by atoms with Crippen LogP contribution in [0.15, 0.2) is 34.6 Å². The molecule has 1 aromatic carbocycles. The molecule has 0 aromatic heterocycles. The summed E-state index contributed by atoms with van der Waals surface area (Å²) < 4.78 is 61.5. The molecule has 12 heteroatoms. The Labute approximate surface area is 134 Å². The molecule has 24 heavy (non-hydrogen) atoms. The number of hydrogen-bond donors (Lipinski definition) is 0. The molecule has 0 N–H and O–H groups in total. The highest BCUT2D eigenvalue weighted by Crippen LogP contribution is 2.25. The quantitative estimate of drug-likeness (QED) is 0.447. The van der Waals surface area contributed by atoms with E-state index in [1.807, 2.05) is 0 Å². The molecular weight excluding hydrogens is 353 g/mol. The summed E-state index contributed by atoms with van der Waals surface area (Å²) >= 11 is 0. The van der Waals surface area contributed by atoms with E-state index < -0.39 is 21.3 Å². The van der Waals surface area contributed by atoms with Crippen LogP contribution in [-0.4, -0.2) is 32.5 Å². The molecule has 8 nitrogen and oxygen atoms in total. The number of nitriles is 2. The predicted molar refractivity (Wildman–Crippen MR) is 73.8 cm³/mol. The van der Waals surface area contributed by atoms with E-state index in [0.717, 1.165) is 0 Å². The lowest BCUT2D eigenvalue weighted by molar-refractivity contribution is -0.0540. The van der Waals surface area contributed by atoms with Gasteiger partial charge in [0.1, 0.15) is 19.2 Å². The summed E-state index contributed by atoms with van der Waals surface area (Å²) in [5.41, 5.74) is -6.54. The van der Waals surface area contributed by atoms with E-state index in [9.17, 15) is 21.6 Å². The van der Waals surface area contributed by atoms with Crippen LogP contribution < -0.4 is 0 Å². The molecule has 1 rings (SSSR count). The fourth-order valence-corrected chi connectivity index (χ4v) is 1.57. The van der Waals surface area contributed by atoms with Gasteiger partial charge in [-0.05, 0) is 6.07 Å². The number of rotatable bonds is 5. The Hall–Kier alpha value is -3.12. The van der Waals surface area contributed by atoms with Crippen molar-refractivity contribution in [3.63, 3.8) is 0 Å². The Morgan fingerprint density at radius 1 is 1.12 bits per heavy atom. The normalized spacial score (nSPS) is 12.9. The van der Waals surface area contributed by atoms with Crippen molar-refractivity contribution in [2.45, 2.75) is 5.51 Å². The lowest BCUT2D eigenvalue weighted by atomic mass is 10.0. The second-order valence-corrected chi connectivity index (χ2v) is 5.36. The molecule has 126 valence electrons. The number of hydrogen-bond acceptors (Lipinski definition) is 8. The van der Waals surface area contributed by atoms with Crippen LogP contribution >= 0.6 is 0 Å². The molecule has 0 amide bonds. The largest absolute Gasteiger partial charge is 0.536 e. The second kappa shape index (κ2) is 7.43. The zero-order chi connectivity index (χ0) is 18.4. The van der Waals surface area contributed by atoms with E-state index in [2.05, 4.69) is 19.4 Å². The van der Waals surface area contributed by atoms with Gasteiger partial charge in [0.05, 0.1) is 0 Å². The van der Waals surface area contributed by atoms with Crippen molar-refractivity contribution in [3.05, 3.63) is 35.4 Å². The average molecular weight is 360 g/mol. The SMILES string of the molecule is CO/N=C(\C#N)c1cccc(/C(C#N)=N/OS(=O)(=O)C(F)(F)F)c1. The summed E-state index contributed by atoms with van der Waals surface area (Å²) in [7, 11) is -4.79. The highest BCUT2D eigenvalue weighted by molar-refractivity contribution is 7.87. The zero-order valence-electron chi connectivity index (χ0n) is 11.8. The standard InChI is InChI=1S/C12H7F3N4O4S/c1-22-18-10(6-16)8-3-2-4-9(5-8)11(7-17)19-23-24(20,21)12(13,14)15/h2-5H,1H3/b18-10+,19-11+. The van der Waals surface area contributed by atoms with E-state index in [4.69, 9.17) is 10.5 Å². The minimum Gasteiger partial charge on any atom is -0.398 e. The maximum atomic E-state index is 12.2. The molecule has 0 radical (unpaired) electrons. The molecule has 0 heterocycles. The highest BCUT2D eigenvalue weighted by Gasteiger charge is 2.49. The van der Waals surface area contributed by atoms with Gasteiger partial charge in [-0.2, -0.15) is 32.1 Å². The summed E-state index contributed by atoms with van der Waals surface area (Å²) in [6.07, 6.45) is 0. The van der Waals surface area contributed by atoms with Crippen LogP contribution in [0.4, 0.5) is 13.2 Å². The number of halogens is 3. The monoisotopic (exact) mass is 360 g/mol. The van der Waals surface area contributed by atoms with Crippen molar-refractivity contribution in [1.82, 2.24) is 0 Å². The van der Waals surface area contributed by atoms with Crippen LogP contribution in [0.2, 0.25) is 0 Å². The molecule has 0 saturated heterocycles. The van der Waals surface area contributed by atoms with Crippen LogP contribution in [0.1, 0.15) is 11.1 Å². The molecule has 0 atom stereocenters. The Morgan fingerprint density at radius 3 is 2.04 bits per heavy atom. The minimum absolute atomic E-state index is 0.0913. The van der Waals surface area contributed by atoms with Gasteiger partial charge in [-0.15, -0.1) is 0 Å². The Morgan fingerprint density at radius 2 is 1.62 bits per heavy atom. The van der Waals surface area contributed by atoms with Crippen molar-refractivity contribution >= 4 is 21.5 Å². The third-order valence-electron chi connectivity index (χ3n) is 2.31. The van der Waals surface area contributed by atoms with E-state index >= 15 is 0 Å². The van der Waals surface area contributed by atoms with Crippen molar-refractivity contribution in [2.75, 3.05) is 7.11 Å². The first-order valence-electron chi connectivity index (χ1n) is 5.76.